The van der Waals surface area contributed by atoms with Gasteiger partial charge in [-0.3, -0.25) is 4.79 Å². The third-order valence-electron chi connectivity index (χ3n) is 2.93. The van der Waals surface area contributed by atoms with Gasteiger partial charge < -0.3 is 11.1 Å². The predicted molar refractivity (Wildman–Crippen MR) is 70.6 cm³/mol. The van der Waals surface area contributed by atoms with Crippen molar-refractivity contribution in [1.82, 2.24) is 5.32 Å². The molecule has 0 spiro atoms. The first-order valence-corrected chi connectivity index (χ1v) is 7.32. The highest BCUT2D eigenvalue weighted by molar-refractivity contribution is 8.00. The van der Waals surface area contributed by atoms with Crippen LogP contribution in [0.15, 0.2) is 0 Å². The van der Waals surface area contributed by atoms with Gasteiger partial charge in [0, 0.05) is 17.8 Å². The average molecular weight is 244 g/mol. The summed E-state index contributed by atoms with van der Waals surface area (Å²) in [5.41, 5.74) is 5.67. The Morgan fingerprint density at radius 3 is 2.56 bits per heavy atom. The second kappa shape index (κ2) is 7.17. The van der Waals surface area contributed by atoms with Crippen molar-refractivity contribution >= 4 is 17.7 Å². The van der Waals surface area contributed by atoms with Crippen LogP contribution in [0.4, 0.5) is 0 Å². The van der Waals surface area contributed by atoms with Crippen LogP contribution in [0.3, 0.4) is 0 Å². The summed E-state index contributed by atoms with van der Waals surface area (Å²) in [5, 5.41) is 3.16. The van der Waals surface area contributed by atoms with Crippen molar-refractivity contribution in [3.05, 3.63) is 0 Å². The largest absolute Gasteiger partial charge is 0.352 e. The summed E-state index contributed by atoms with van der Waals surface area (Å²) in [6.45, 7) is 3.93. The Kier molecular flexibility index (Phi) is 6.21. The van der Waals surface area contributed by atoms with Crippen molar-refractivity contribution in [2.45, 2.75) is 63.3 Å². The highest BCUT2D eigenvalue weighted by Gasteiger charge is 2.19. The van der Waals surface area contributed by atoms with Gasteiger partial charge in [0.2, 0.25) is 5.91 Å². The molecule has 0 radical (unpaired) electrons. The van der Waals surface area contributed by atoms with E-state index in [2.05, 4.69) is 5.32 Å². The van der Waals surface area contributed by atoms with E-state index >= 15 is 0 Å². The molecule has 0 heterocycles. The fourth-order valence-corrected chi connectivity index (χ4v) is 2.75. The maximum absolute atomic E-state index is 11.9. The molecule has 3 nitrogen and oxygen atoms in total. The standard InChI is InChI=1S/C12H24N2OS/c1-9(13)8-16-10(2)12(15)14-11-6-4-3-5-7-11/h9-11H,3-8,13H2,1-2H3,(H,14,15). The Bertz CT molecular complexity index is 215. The Morgan fingerprint density at radius 1 is 1.38 bits per heavy atom. The SMILES string of the molecule is CC(N)CSC(C)C(=O)NC1CCCCC1. The molecule has 1 rings (SSSR count). The summed E-state index contributed by atoms with van der Waals surface area (Å²) in [5.74, 6) is 1.02. The van der Waals surface area contributed by atoms with E-state index in [1.165, 1.54) is 19.3 Å². The minimum absolute atomic E-state index is 0.0212. The lowest BCUT2D eigenvalue weighted by Gasteiger charge is -2.24. The number of carbonyl (C=O) groups is 1. The normalized spacial score (nSPS) is 21.4. The van der Waals surface area contributed by atoms with E-state index in [0.29, 0.717) is 6.04 Å². The predicted octanol–water partition coefficient (Wildman–Crippen LogP) is 1.90. The number of carbonyl (C=O) groups excluding carboxylic acids is 1. The van der Waals surface area contributed by atoms with Crippen LogP contribution in [-0.2, 0) is 4.79 Å². The van der Waals surface area contributed by atoms with Crippen LogP contribution in [0.2, 0.25) is 0 Å². The van der Waals surface area contributed by atoms with Gasteiger partial charge in [-0.25, -0.2) is 0 Å². The number of amides is 1. The third-order valence-corrected chi connectivity index (χ3v) is 4.36. The van der Waals surface area contributed by atoms with Crippen molar-refractivity contribution in [1.29, 1.82) is 0 Å². The Hall–Kier alpha value is -0.220. The molecular weight excluding hydrogens is 220 g/mol. The Balaban J connectivity index is 2.22. The van der Waals surface area contributed by atoms with Gasteiger partial charge in [0.15, 0.2) is 0 Å². The van der Waals surface area contributed by atoms with E-state index in [1.54, 1.807) is 11.8 Å². The molecule has 0 aromatic rings. The van der Waals surface area contributed by atoms with Gasteiger partial charge >= 0.3 is 0 Å². The molecule has 3 N–H and O–H groups in total. The smallest absolute Gasteiger partial charge is 0.233 e. The number of rotatable bonds is 5. The van der Waals surface area contributed by atoms with E-state index in [-0.39, 0.29) is 17.2 Å². The number of thioether (sulfide) groups is 1. The van der Waals surface area contributed by atoms with Crippen LogP contribution >= 0.6 is 11.8 Å². The van der Waals surface area contributed by atoms with E-state index in [1.807, 2.05) is 13.8 Å². The number of hydrogen-bond donors (Lipinski definition) is 2. The summed E-state index contributed by atoms with van der Waals surface area (Å²) in [4.78, 5) is 11.9. The van der Waals surface area contributed by atoms with Crippen LogP contribution < -0.4 is 11.1 Å². The maximum atomic E-state index is 11.9. The van der Waals surface area contributed by atoms with Gasteiger partial charge in [-0.05, 0) is 26.7 Å². The van der Waals surface area contributed by atoms with Crippen LogP contribution in [0.1, 0.15) is 46.0 Å². The van der Waals surface area contributed by atoms with Crippen LogP contribution in [-0.4, -0.2) is 29.0 Å². The average Bonchev–Trinajstić information content (AvgIpc) is 2.27. The van der Waals surface area contributed by atoms with Crippen molar-refractivity contribution in [2.24, 2.45) is 5.73 Å². The molecule has 2 atom stereocenters. The molecule has 2 unspecified atom stereocenters. The van der Waals surface area contributed by atoms with Crippen molar-refractivity contribution < 1.29 is 4.79 Å². The molecule has 0 saturated heterocycles. The highest BCUT2D eigenvalue weighted by Crippen LogP contribution is 2.18. The van der Waals surface area contributed by atoms with E-state index in [0.717, 1.165) is 18.6 Å². The first kappa shape index (κ1) is 13.8. The van der Waals surface area contributed by atoms with Crippen molar-refractivity contribution in [3.63, 3.8) is 0 Å². The first-order valence-electron chi connectivity index (χ1n) is 6.27. The highest BCUT2D eigenvalue weighted by atomic mass is 32.2. The lowest BCUT2D eigenvalue weighted by molar-refractivity contribution is -0.121. The lowest BCUT2D eigenvalue weighted by Crippen LogP contribution is -2.40. The second-order valence-corrected chi connectivity index (χ2v) is 6.17. The van der Waals surface area contributed by atoms with Gasteiger partial charge in [-0.15, -0.1) is 11.8 Å². The third kappa shape index (κ3) is 5.21. The Morgan fingerprint density at radius 2 is 2.00 bits per heavy atom. The van der Waals surface area contributed by atoms with Crippen molar-refractivity contribution in [2.75, 3.05) is 5.75 Å². The van der Waals surface area contributed by atoms with Crippen LogP contribution in [0.25, 0.3) is 0 Å². The molecule has 0 aliphatic heterocycles. The van der Waals surface area contributed by atoms with Gasteiger partial charge in [0.05, 0.1) is 5.25 Å². The van der Waals surface area contributed by atoms with Gasteiger partial charge in [-0.1, -0.05) is 19.3 Å². The molecule has 0 bridgehead atoms. The zero-order chi connectivity index (χ0) is 12.0. The minimum atomic E-state index is 0.0212. The van der Waals surface area contributed by atoms with Gasteiger partial charge in [-0.2, -0.15) is 0 Å². The monoisotopic (exact) mass is 244 g/mol. The topological polar surface area (TPSA) is 55.1 Å². The lowest BCUT2D eigenvalue weighted by atomic mass is 9.95. The van der Waals surface area contributed by atoms with E-state index in [4.69, 9.17) is 5.73 Å². The molecule has 1 saturated carbocycles. The van der Waals surface area contributed by atoms with Gasteiger partial charge in [0.25, 0.3) is 0 Å². The molecule has 94 valence electrons. The summed E-state index contributed by atoms with van der Waals surface area (Å²) in [7, 11) is 0. The molecule has 4 heteroatoms. The molecule has 1 aliphatic carbocycles. The molecule has 0 aromatic heterocycles. The van der Waals surface area contributed by atoms with Gasteiger partial charge in [0.1, 0.15) is 0 Å². The molecule has 16 heavy (non-hydrogen) atoms. The zero-order valence-electron chi connectivity index (χ0n) is 10.4. The first-order chi connectivity index (χ1) is 7.59. The molecule has 1 amide bonds. The molecule has 1 aliphatic rings. The second-order valence-electron chi connectivity index (χ2n) is 4.80. The van der Waals surface area contributed by atoms with E-state index < -0.39 is 0 Å². The molecule has 0 aromatic carbocycles. The quantitative estimate of drug-likeness (QED) is 0.776. The molecule has 1 fully saturated rings. The summed E-state index contributed by atoms with van der Waals surface area (Å²) in [6.07, 6.45) is 6.13. The summed E-state index contributed by atoms with van der Waals surface area (Å²) in [6, 6.07) is 0.578. The fourth-order valence-electron chi connectivity index (χ4n) is 1.94. The number of nitrogens with one attached hydrogen (secondary N) is 1. The van der Waals surface area contributed by atoms with E-state index in [9.17, 15) is 4.79 Å². The summed E-state index contributed by atoms with van der Waals surface area (Å²) >= 11 is 1.64. The van der Waals surface area contributed by atoms with Crippen LogP contribution in [0, 0.1) is 0 Å². The maximum Gasteiger partial charge on any atom is 0.233 e. The Labute approximate surface area is 103 Å². The van der Waals surface area contributed by atoms with Crippen LogP contribution in [0.5, 0.6) is 0 Å². The number of nitrogens with two attached hydrogens (primary N) is 1. The minimum Gasteiger partial charge on any atom is -0.352 e. The fraction of sp³-hybridized carbons (Fsp3) is 0.917. The zero-order valence-corrected chi connectivity index (χ0v) is 11.2. The van der Waals surface area contributed by atoms with Crippen molar-refractivity contribution in [3.8, 4) is 0 Å². The number of hydrogen-bond acceptors (Lipinski definition) is 3. The summed E-state index contributed by atoms with van der Waals surface area (Å²) < 4.78 is 0. The molecular formula is C12H24N2OS.